The van der Waals surface area contributed by atoms with Crippen LogP contribution in [0.1, 0.15) is 32.6 Å². The first kappa shape index (κ1) is 23.1. The van der Waals surface area contributed by atoms with Gasteiger partial charge in [0.15, 0.2) is 0 Å². The molecule has 1 aromatic carbocycles. The Kier molecular flexibility index (Phi) is 6.18. The van der Waals surface area contributed by atoms with Gasteiger partial charge in [-0.15, -0.1) is 0 Å². The molecule has 3 aliphatic heterocycles. The van der Waals surface area contributed by atoms with Crippen LogP contribution in [0.25, 0.3) is 22.0 Å². The Morgan fingerprint density at radius 3 is 2.69 bits per heavy atom. The molecule has 9 nitrogen and oxygen atoms in total. The average molecular weight is 488 g/mol. The van der Waals surface area contributed by atoms with E-state index in [0.29, 0.717) is 36.4 Å². The molecule has 188 valence electrons. The second-order valence-corrected chi connectivity index (χ2v) is 10.3. The van der Waals surface area contributed by atoms with Crippen molar-refractivity contribution in [2.24, 2.45) is 0 Å². The highest BCUT2D eigenvalue weighted by atomic mass is 16.5. The largest absolute Gasteiger partial charge is 0.462 e. The van der Waals surface area contributed by atoms with Crippen molar-refractivity contribution in [2.45, 2.75) is 50.7 Å². The van der Waals surface area contributed by atoms with E-state index in [4.69, 9.17) is 14.7 Å². The lowest BCUT2D eigenvalue weighted by Crippen LogP contribution is -2.51. The van der Waals surface area contributed by atoms with Gasteiger partial charge in [-0.2, -0.15) is 9.97 Å². The molecule has 0 aliphatic carbocycles. The van der Waals surface area contributed by atoms with E-state index in [0.717, 1.165) is 53.9 Å². The summed E-state index contributed by atoms with van der Waals surface area (Å²) in [7, 11) is 2.15. The number of rotatable bonds is 6. The smallest absolute Gasteiger partial charge is 0.319 e. The molecule has 3 fully saturated rings. The minimum Gasteiger partial charge on any atom is -0.462 e. The number of carbonyl (C=O) groups excluding carboxylic acids is 1. The van der Waals surface area contributed by atoms with Crippen LogP contribution >= 0.6 is 0 Å². The number of amides is 1. The summed E-state index contributed by atoms with van der Waals surface area (Å²) in [6, 6.07) is 10.0. The van der Waals surface area contributed by atoms with Crippen molar-refractivity contribution in [3.8, 4) is 17.1 Å². The summed E-state index contributed by atoms with van der Waals surface area (Å²) in [5.74, 6) is 0.828. The minimum absolute atomic E-state index is 0.121. The number of hydrogen-bond donors (Lipinski definition) is 2. The van der Waals surface area contributed by atoms with Crippen LogP contribution in [0, 0.1) is 0 Å². The molecule has 1 amide bonds. The molecule has 3 aromatic rings. The van der Waals surface area contributed by atoms with Crippen LogP contribution in [0.4, 0.5) is 11.5 Å². The number of nitrogens with one attached hydrogen (secondary N) is 2. The minimum atomic E-state index is -0.121. The zero-order chi connectivity index (χ0) is 24.6. The highest BCUT2D eigenvalue weighted by molar-refractivity contribution is 5.94. The van der Waals surface area contributed by atoms with Gasteiger partial charge in [-0.05, 0) is 63.0 Å². The first-order chi connectivity index (χ1) is 17.5. The maximum absolute atomic E-state index is 11.5. The quantitative estimate of drug-likeness (QED) is 0.548. The first-order valence-corrected chi connectivity index (χ1v) is 12.9. The first-order valence-electron chi connectivity index (χ1n) is 12.9. The number of hydrogen-bond acceptors (Lipinski definition) is 8. The monoisotopic (exact) mass is 487 g/mol. The second-order valence-electron chi connectivity index (χ2n) is 10.3. The number of likely N-dealkylation sites (tertiary alicyclic amines) is 1. The highest BCUT2D eigenvalue weighted by Gasteiger charge is 2.33. The Morgan fingerprint density at radius 2 is 1.94 bits per heavy atom. The van der Waals surface area contributed by atoms with Crippen molar-refractivity contribution >= 4 is 28.3 Å². The van der Waals surface area contributed by atoms with E-state index in [1.165, 1.54) is 26.2 Å². The normalized spacial score (nSPS) is 23.8. The van der Waals surface area contributed by atoms with Gasteiger partial charge >= 0.3 is 6.01 Å². The van der Waals surface area contributed by atoms with Crippen LogP contribution in [0.15, 0.2) is 36.7 Å². The molecule has 2 aromatic heterocycles. The van der Waals surface area contributed by atoms with E-state index in [2.05, 4.69) is 50.7 Å². The number of anilines is 2. The predicted molar refractivity (Wildman–Crippen MR) is 140 cm³/mol. The fraction of sp³-hybridized carbons (Fsp3) is 0.481. The molecule has 3 aliphatic rings. The van der Waals surface area contributed by atoms with Crippen LogP contribution in [-0.4, -0.2) is 77.2 Å². The topological polar surface area (TPSA) is 95.5 Å². The zero-order valence-corrected chi connectivity index (χ0v) is 20.9. The number of benzene rings is 1. The van der Waals surface area contributed by atoms with Crippen molar-refractivity contribution in [3.63, 3.8) is 0 Å². The lowest BCUT2D eigenvalue weighted by atomic mass is 10.0. The van der Waals surface area contributed by atoms with Crippen LogP contribution in [-0.2, 0) is 4.79 Å². The van der Waals surface area contributed by atoms with Crippen molar-refractivity contribution < 1.29 is 9.53 Å². The Labute approximate surface area is 211 Å². The Bertz CT molecular complexity index is 1270. The summed E-state index contributed by atoms with van der Waals surface area (Å²) >= 11 is 0. The summed E-state index contributed by atoms with van der Waals surface area (Å²) in [6.07, 6.45) is 8.21. The molecule has 0 radical (unpaired) electrons. The van der Waals surface area contributed by atoms with Crippen LogP contribution in [0.3, 0.4) is 0 Å². The van der Waals surface area contributed by atoms with Gasteiger partial charge in [0.2, 0.25) is 5.91 Å². The summed E-state index contributed by atoms with van der Waals surface area (Å²) in [6.45, 7) is 5.08. The summed E-state index contributed by atoms with van der Waals surface area (Å²) in [5.41, 5.74) is 3.42. The molecule has 3 saturated heterocycles. The molecule has 36 heavy (non-hydrogen) atoms. The van der Waals surface area contributed by atoms with Crippen molar-refractivity contribution in [3.05, 3.63) is 36.7 Å². The third-order valence-corrected chi connectivity index (χ3v) is 7.64. The maximum Gasteiger partial charge on any atom is 0.319 e. The Hall–Kier alpha value is -3.30. The predicted octanol–water partition coefficient (Wildman–Crippen LogP) is 3.06. The number of piperazine rings is 1. The lowest BCUT2D eigenvalue weighted by molar-refractivity contribution is -0.114. The molecule has 2 bridgehead atoms. The molecular weight excluding hydrogens is 454 g/mol. The van der Waals surface area contributed by atoms with Gasteiger partial charge in [0, 0.05) is 55.3 Å². The van der Waals surface area contributed by atoms with Gasteiger partial charge in [-0.25, -0.2) is 0 Å². The third-order valence-electron chi connectivity index (χ3n) is 7.64. The molecule has 0 spiro atoms. The van der Waals surface area contributed by atoms with Crippen molar-refractivity contribution in [1.82, 2.24) is 25.2 Å². The SMILES string of the molecule is CC(=O)Nc1cncc(-c2ccc3c(N4C[C@H]5CC[C@@H](C4)N5)nc(OC[C@@H]4CCCN4C)nc3c2)c1. The number of fused-ring (bicyclic) bond motifs is 3. The fourth-order valence-electron chi connectivity index (χ4n) is 5.78. The number of pyridine rings is 1. The summed E-state index contributed by atoms with van der Waals surface area (Å²) < 4.78 is 6.21. The summed E-state index contributed by atoms with van der Waals surface area (Å²) in [4.78, 5) is 30.4. The number of ether oxygens (including phenoxy) is 1. The molecule has 3 atom stereocenters. The molecule has 6 rings (SSSR count). The van der Waals surface area contributed by atoms with Gasteiger partial charge in [-0.3, -0.25) is 9.78 Å². The van der Waals surface area contributed by atoms with E-state index in [9.17, 15) is 4.79 Å². The Balaban J connectivity index is 1.36. The number of likely N-dealkylation sites (N-methyl/N-ethyl adjacent to an activating group) is 1. The molecular formula is C27H33N7O2. The number of nitrogens with zero attached hydrogens (tertiary/aromatic N) is 5. The van der Waals surface area contributed by atoms with E-state index in [1.54, 1.807) is 12.4 Å². The van der Waals surface area contributed by atoms with E-state index in [-0.39, 0.29) is 5.91 Å². The van der Waals surface area contributed by atoms with Gasteiger partial charge in [0.05, 0.1) is 17.4 Å². The summed E-state index contributed by atoms with van der Waals surface area (Å²) in [5, 5.41) is 7.55. The molecule has 0 saturated carbocycles. The lowest BCUT2D eigenvalue weighted by Gasteiger charge is -2.34. The van der Waals surface area contributed by atoms with Gasteiger partial charge in [0.1, 0.15) is 12.4 Å². The molecule has 9 heteroatoms. The average Bonchev–Trinajstić information content (AvgIpc) is 3.44. The van der Waals surface area contributed by atoms with Crippen LogP contribution in [0.5, 0.6) is 6.01 Å². The molecule has 0 unspecified atom stereocenters. The van der Waals surface area contributed by atoms with Gasteiger partial charge < -0.3 is 25.2 Å². The highest BCUT2D eigenvalue weighted by Crippen LogP contribution is 2.33. The van der Waals surface area contributed by atoms with Crippen LogP contribution < -0.4 is 20.3 Å². The van der Waals surface area contributed by atoms with E-state index < -0.39 is 0 Å². The van der Waals surface area contributed by atoms with Crippen LogP contribution in [0.2, 0.25) is 0 Å². The van der Waals surface area contributed by atoms with E-state index >= 15 is 0 Å². The maximum atomic E-state index is 11.5. The van der Waals surface area contributed by atoms with Gasteiger partial charge in [0.25, 0.3) is 0 Å². The Morgan fingerprint density at radius 1 is 1.11 bits per heavy atom. The molecule has 5 heterocycles. The third kappa shape index (κ3) is 4.73. The van der Waals surface area contributed by atoms with Crippen molar-refractivity contribution in [1.29, 1.82) is 0 Å². The van der Waals surface area contributed by atoms with E-state index in [1.807, 2.05) is 6.07 Å². The van der Waals surface area contributed by atoms with Crippen molar-refractivity contribution in [2.75, 3.05) is 43.5 Å². The van der Waals surface area contributed by atoms with Gasteiger partial charge in [-0.1, -0.05) is 6.07 Å². The standard InChI is InChI=1S/C27H33N7O2/c1-17(35)29-22-10-19(12-28-13-22)18-5-8-24-25(11-18)31-27(36-16-23-4-3-9-33(23)2)32-26(24)34-14-20-6-7-21(15-34)30-20/h5,8,10-13,20-21,23,30H,3-4,6-7,9,14-16H2,1-2H3,(H,29,35)/t20-,21+,23-/m0/s1. The fourth-order valence-corrected chi connectivity index (χ4v) is 5.78. The number of aromatic nitrogens is 3. The number of carbonyl (C=O) groups is 1. The molecule has 2 N–H and O–H groups in total. The zero-order valence-electron chi connectivity index (χ0n) is 20.9. The second kappa shape index (κ2) is 9.63.